The van der Waals surface area contributed by atoms with Gasteiger partial charge in [0, 0.05) is 12.2 Å². The van der Waals surface area contributed by atoms with Crippen LogP contribution in [-0.2, 0) is 19.1 Å². The molecule has 18 heavy (non-hydrogen) atoms. The Balaban J connectivity index is 2.79. The van der Waals surface area contributed by atoms with Crippen molar-refractivity contribution in [1.82, 2.24) is 0 Å². The molecule has 0 aromatic heterocycles. The van der Waals surface area contributed by atoms with Gasteiger partial charge in [-0.05, 0) is 29.3 Å². The molecule has 0 amide bonds. The number of benzene rings is 1. The Labute approximate surface area is 106 Å². The van der Waals surface area contributed by atoms with Gasteiger partial charge < -0.3 is 9.47 Å². The molecule has 94 valence electrons. The first kappa shape index (κ1) is 13.7. The third-order valence-corrected chi connectivity index (χ3v) is 2.14. The van der Waals surface area contributed by atoms with Crippen LogP contribution in [0, 0.1) is 0 Å². The fourth-order valence-electron chi connectivity index (χ4n) is 1.23. The molecule has 4 heteroatoms. The SMILES string of the molecule is COC(=O)/C=C/c1cccc(/C=C/C(=O)OC)c1. The number of methoxy groups -OCH3 is 2. The number of hydrogen-bond donors (Lipinski definition) is 0. The van der Waals surface area contributed by atoms with Crippen LogP contribution in [0.4, 0.5) is 0 Å². The van der Waals surface area contributed by atoms with E-state index in [1.807, 2.05) is 24.3 Å². The van der Waals surface area contributed by atoms with E-state index in [1.165, 1.54) is 26.4 Å². The molecule has 0 atom stereocenters. The maximum Gasteiger partial charge on any atom is 0.330 e. The number of rotatable bonds is 4. The zero-order chi connectivity index (χ0) is 13.4. The molecular formula is C14H14O4. The standard InChI is InChI=1S/C14H14O4/c1-17-13(15)8-6-11-4-3-5-12(10-11)7-9-14(16)18-2/h3-10H,1-2H3/b8-6+,9-7+. The van der Waals surface area contributed by atoms with Crippen molar-refractivity contribution in [2.45, 2.75) is 0 Å². The minimum absolute atomic E-state index is 0.412. The number of ether oxygens (including phenoxy) is 2. The van der Waals surface area contributed by atoms with Gasteiger partial charge in [0.15, 0.2) is 0 Å². The Morgan fingerprint density at radius 2 is 1.39 bits per heavy atom. The van der Waals surface area contributed by atoms with Crippen molar-refractivity contribution in [3.63, 3.8) is 0 Å². The van der Waals surface area contributed by atoms with Gasteiger partial charge in [-0.25, -0.2) is 9.59 Å². The van der Waals surface area contributed by atoms with Crippen LogP contribution in [0.2, 0.25) is 0 Å². The van der Waals surface area contributed by atoms with Gasteiger partial charge in [-0.1, -0.05) is 18.2 Å². The first-order valence-electron chi connectivity index (χ1n) is 5.28. The third-order valence-electron chi connectivity index (χ3n) is 2.14. The number of hydrogen-bond acceptors (Lipinski definition) is 4. The van der Waals surface area contributed by atoms with Gasteiger partial charge in [-0.3, -0.25) is 0 Å². The van der Waals surface area contributed by atoms with Gasteiger partial charge in [0.25, 0.3) is 0 Å². The molecule has 1 aromatic rings. The Hall–Kier alpha value is -2.36. The van der Waals surface area contributed by atoms with Crippen LogP contribution >= 0.6 is 0 Å². The van der Waals surface area contributed by atoms with Crippen molar-refractivity contribution < 1.29 is 19.1 Å². The first-order chi connectivity index (χ1) is 8.65. The lowest BCUT2D eigenvalue weighted by molar-refractivity contribution is -0.135. The van der Waals surface area contributed by atoms with Crippen molar-refractivity contribution in [3.05, 3.63) is 47.5 Å². The fourth-order valence-corrected chi connectivity index (χ4v) is 1.23. The monoisotopic (exact) mass is 246 g/mol. The predicted octanol–water partition coefficient (Wildman–Crippen LogP) is 2.06. The van der Waals surface area contributed by atoms with E-state index in [1.54, 1.807) is 12.2 Å². The smallest absolute Gasteiger partial charge is 0.330 e. The van der Waals surface area contributed by atoms with E-state index < -0.39 is 11.9 Å². The normalized spacial score (nSPS) is 10.8. The molecule has 0 aliphatic carbocycles. The molecule has 0 spiro atoms. The van der Waals surface area contributed by atoms with Gasteiger partial charge in [0.05, 0.1) is 14.2 Å². The van der Waals surface area contributed by atoms with Crippen molar-refractivity contribution >= 4 is 24.1 Å². The highest BCUT2D eigenvalue weighted by molar-refractivity contribution is 5.88. The summed E-state index contributed by atoms with van der Waals surface area (Å²) in [6.07, 6.45) is 5.95. The quantitative estimate of drug-likeness (QED) is 0.602. The predicted molar refractivity (Wildman–Crippen MR) is 68.5 cm³/mol. The van der Waals surface area contributed by atoms with Crippen LogP contribution in [0.3, 0.4) is 0 Å². The van der Waals surface area contributed by atoms with Crippen molar-refractivity contribution in [3.8, 4) is 0 Å². The van der Waals surface area contributed by atoms with Crippen LogP contribution in [0.5, 0.6) is 0 Å². The minimum Gasteiger partial charge on any atom is -0.466 e. The lowest BCUT2D eigenvalue weighted by Gasteiger charge is -1.97. The van der Waals surface area contributed by atoms with E-state index in [0.717, 1.165) is 11.1 Å². The van der Waals surface area contributed by atoms with Crippen LogP contribution < -0.4 is 0 Å². The molecule has 0 aliphatic rings. The maximum atomic E-state index is 10.9. The second-order valence-corrected chi connectivity index (χ2v) is 3.38. The molecule has 0 saturated heterocycles. The Kier molecular flexibility index (Phi) is 5.38. The lowest BCUT2D eigenvalue weighted by Crippen LogP contribution is -1.93. The van der Waals surface area contributed by atoms with E-state index in [0.29, 0.717) is 0 Å². The number of esters is 2. The summed E-state index contributed by atoms with van der Waals surface area (Å²) in [6.45, 7) is 0. The van der Waals surface area contributed by atoms with Crippen LogP contribution in [0.25, 0.3) is 12.2 Å². The Morgan fingerprint density at radius 1 is 0.944 bits per heavy atom. The largest absolute Gasteiger partial charge is 0.466 e. The van der Waals surface area contributed by atoms with Crippen molar-refractivity contribution in [1.29, 1.82) is 0 Å². The zero-order valence-corrected chi connectivity index (χ0v) is 10.3. The highest BCUT2D eigenvalue weighted by atomic mass is 16.5. The maximum absolute atomic E-state index is 10.9. The summed E-state index contributed by atoms with van der Waals surface area (Å²) in [6, 6.07) is 7.34. The summed E-state index contributed by atoms with van der Waals surface area (Å²) in [5, 5.41) is 0. The Morgan fingerprint density at radius 3 is 1.78 bits per heavy atom. The van der Waals surface area contributed by atoms with Gasteiger partial charge in [0.2, 0.25) is 0 Å². The van der Waals surface area contributed by atoms with E-state index >= 15 is 0 Å². The molecule has 0 saturated carbocycles. The molecule has 1 rings (SSSR count). The Bertz CT molecular complexity index is 445. The highest BCUT2D eigenvalue weighted by Crippen LogP contribution is 2.09. The topological polar surface area (TPSA) is 52.6 Å². The summed E-state index contributed by atoms with van der Waals surface area (Å²) in [5.41, 5.74) is 1.68. The van der Waals surface area contributed by atoms with E-state index in [9.17, 15) is 9.59 Å². The summed E-state index contributed by atoms with van der Waals surface area (Å²) in [5.74, 6) is -0.823. The molecule has 0 radical (unpaired) electrons. The average Bonchev–Trinajstić information content (AvgIpc) is 2.42. The molecule has 0 unspecified atom stereocenters. The average molecular weight is 246 g/mol. The van der Waals surface area contributed by atoms with Crippen LogP contribution in [0.1, 0.15) is 11.1 Å². The highest BCUT2D eigenvalue weighted by Gasteiger charge is 1.95. The molecule has 0 heterocycles. The number of carbonyl (C=O) groups is 2. The molecule has 0 bridgehead atoms. The van der Waals surface area contributed by atoms with Gasteiger partial charge in [-0.15, -0.1) is 0 Å². The molecule has 0 N–H and O–H groups in total. The fraction of sp³-hybridized carbons (Fsp3) is 0.143. The van der Waals surface area contributed by atoms with Gasteiger partial charge >= 0.3 is 11.9 Å². The second kappa shape index (κ2) is 7.06. The molecule has 0 aliphatic heterocycles. The van der Waals surface area contributed by atoms with E-state index in [2.05, 4.69) is 9.47 Å². The van der Waals surface area contributed by atoms with Crippen LogP contribution in [-0.4, -0.2) is 26.2 Å². The summed E-state index contributed by atoms with van der Waals surface area (Å²) < 4.78 is 8.99. The third kappa shape index (κ3) is 4.65. The van der Waals surface area contributed by atoms with E-state index in [-0.39, 0.29) is 0 Å². The summed E-state index contributed by atoms with van der Waals surface area (Å²) in [7, 11) is 2.64. The second-order valence-electron chi connectivity index (χ2n) is 3.38. The molecule has 4 nitrogen and oxygen atoms in total. The first-order valence-corrected chi connectivity index (χ1v) is 5.28. The van der Waals surface area contributed by atoms with E-state index in [4.69, 9.17) is 0 Å². The van der Waals surface area contributed by atoms with Crippen LogP contribution in [0.15, 0.2) is 36.4 Å². The minimum atomic E-state index is -0.412. The van der Waals surface area contributed by atoms with Gasteiger partial charge in [-0.2, -0.15) is 0 Å². The zero-order valence-electron chi connectivity index (χ0n) is 10.3. The lowest BCUT2D eigenvalue weighted by atomic mass is 10.1. The van der Waals surface area contributed by atoms with Crippen molar-refractivity contribution in [2.75, 3.05) is 14.2 Å². The molecule has 1 aromatic carbocycles. The molecular weight excluding hydrogens is 232 g/mol. The van der Waals surface area contributed by atoms with Crippen molar-refractivity contribution in [2.24, 2.45) is 0 Å². The molecule has 0 fully saturated rings. The number of carbonyl (C=O) groups excluding carboxylic acids is 2. The summed E-state index contributed by atoms with van der Waals surface area (Å²) >= 11 is 0. The summed E-state index contributed by atoms with van der Waals surface area (Å²) in [4.78, 5) is 21.9. The van der Waals surface area contributed by atoms with Gasteiger partial charge in [0.1, 0.15) is 0 Å².